The first-order valence-electron chi connectivity index (χ1n) is 6.27. The quantitative estimate of drug-likeness (QED) is 0.670. The lowest BCUT2D eigenvalue weighted by atomic mass is 10.1. The van der Waals surface area contributed by atoms with Crippen LogP contribution in [0.25, 0.3) is 0 Å². The van der Waals surface area contributed by atoms with Crippen LogP contribution in [0.3, 0.4) is 0 Å². The zero-order valence-corrected chi connectivity index (χ0v) is 11.7. The highest BCUT2D eigenvalue weighted by atomic mass is 35.5. The number of aryl methyl sites for hydroxylation is 1. The summed E-state index contributed by atoms with van der Waals surface area (Å²) in [6, 6.07) is 16.0. The number of benzene rings is 2. The summed E-state index contributed by atoms with van der Waals surface area (Å²) in [7, 11) is 0. The lowest BCUT2D eigenvalue weighted by molar-refractivity contribution is 0.966. The molecule has 0 amide bonds. The van der Waals surface area contributed by atoms with Gasteiger partial charge in [0.1, 0.15) is 5.84 Å². The van der Waals surface area contributed by atoms with Crippen LogP contribution < -0.4 is 5.73 Å². The fraction of sp³-hybridized carbons (Fsp3) is 0.188. The van der Waals surface area contributed by atoms with Gasteiger partial charge in [-0.2, -0.15) is 0 Å². The largest absolute Gasteiger partial charge is 0.384 e. The lowest BCUT2D eigenvalue weighted by Crippen LogP contribution is -2.14. The van der Waals surface area contributed by atoms with Gasteiger partial charge in [0, 0.05) is 17.1 Å². The molecule has 0 fully saturated rings. The number of hydrogen-bond acceptors (Lipinski definition) is 1. The van der Waals surface area contributed by atoms with Gasteiger partial charge < -0.3 is 5.73 Å². The van der Waals surface area contributed by atoms with Crippen molar-refractivity contribution in [2.75, 3.05) is 6.54 Å². The van der Waals surface area contributed by atoms with Gasteiger partial charge in [0.2, 0.25) is 0 Å². The molecule has 2 aromatic rings. The van der Waals surface area contributed by atoms with Crippen LogP contribution in [0.2, 0.25) is 5.02 Å². The number of aliphatic imine (C=N–C) groups is 1. The third-order valence-electron chi connectivity index (χ3n) is 2.99. The van der Waals surface area contributed by atoms with E-state index in [2.05, 4.69) is 17.1 Å². The zero-order valence-electron chi connectivity index (χ0n) is 10.9. The first-order chi connectivity index (χ1) is 9.16. The summed E-state index contributed by atoms with van der Waals surface area (Å²) in [5.74, 6) is 0.540. The van der Waals surface area contributed by atoms with Gasteiger partial charge in [-0.25, -0.2) is 0 Å². The Morgan fingerprint density at radius 3 is 2.58 bits per heavy atom. The Bertz CT molecular complexity index is 577. The zero-order chi connectivity index (χ0) is 13.7. The molecule has 0 heterocycles. The molecule has 0 aliphatic carbocycles. The molecule has 0 radical (unpaired) electrons. The summed E-state index contributed by atoms with van der Waals surface area (Å²) in [6.45, 7) is 2.65. The van der Waals surface area contributed by atoms with Crippen LogP contribution in [0.15, 0.2) is 53.5 Å². The van der Waals surface area contributed by atoms with Crippen molar-refractivity contribution in [2.24, 2.45) is 10.7 Å². The highest BCUT2D eigenvalue weighted by Crippen LogP contribution is 2.16. The van der Waals surface area contributed by atoms with E-state index in [-0.39, 0.29) is 0 Å². The third-order valence-corrected chi connectivity index (χ3v) is 3.40. The first-order valence-corrected chi connectivity index (χ1v) is 6.65. The molecule has 0 aromatic heterocycles. The number of hydrogen-bond donors (Lipinski definition) is 1. The fourth-order valence-electron chi connectivity index (χ4n) is 1.79. The molecule has 19 heavy (non-hydrogen) atoms. The molecule has 0 spiro atoms. The topological polar surface area (TPSA) is 38.4 Å². The highest BCUT2D eigenvalue weighted by Gasteiger charge is 2.01. The van der Waals surface area contributed by atoms with E-state index in [0.717, 1.165) is 22.6 Å². The van der Waals surface area contributed by atoms with E-state index in [1.54, 1.807) is 0 Å². The van der Waals surface area contributed by atoms with Crippen LogP contribution in [0, 0.1) is 6.92 Å². The summed E-state index contributed by atoms with van der Waals surface area (Å²) in [6.07, 6.45) is 0.890. The van der Waals surface area contributed by atoms with Crippen LogP contribution in [0.1, 0.15) is 16.7 Å². The Kier molecular flexibility index (Phi) is 4.58. The van der Waals surface area contributed by atoms with Gasteiger partial charge in [0.15, 0.2) is 0 Å². The third kappa shape index (κ3) is 3.83. The number of nitrogens with two attached hydrogens (primary N) is 1. The lowest BCUT2D eigenvalue weighted by Gasteiger charge is -2.04. The van der Waals surface area contributed by atoms with E-state index >= 15 is 0 Å². The van der Waals surface area contributed by atoms with Crippen molar-refractivity contribution < 1.29 is 0 Å². The highest BCUT2D eigenvalue weighted by molar-refractivity contribution is 6.31. The maximum Gasteiger partial charge on any atom is 0.125 e. The van der Waals surface area contributed by atoms with Crippen LogP contribution in [-0.2, 0) is 6.42 Å². The van der Waals surface area contributed by atoms with Gasteiger partial charge in [0.25, 0.3) is 0 Å². The van der Waals surface area contributed by atoms with Crippen molar-refractivity contribution in [1.29, 1.82) is 0 Å². The molecular weight excluding hydrogens is 256 g/mol. The van der Waals surface area contributed by atoms with E-state index in [1.807, 2.05) is 43.3 Å². The summed E-state index contributed by atoms with van der Waals surface area (Å²) < 4.78 is 0. The monoisotopic (exact) mass is 272 g/mol. The molecule has 2 aromatic carbocycles. The van der Waals surface area contributed by atoms with Crippen LogP contribution >= 0.6 is 11.6 Å². The van der Waals surface area contributed by atoms with E-state index in [4.69, 9.17) is 17.3 Å². The van der Waals surface area contributed by atoms with Crippen molar-refractivity contribution in [3.8, 4) is 0 Å². The van der Waals surface area contributed by atoms with Gasteiger partial charge >= 0.3 is 0 Å². The average Bonchev–Trinajstić information content (AvgIpc) is 2.43. The maximum absolute atomic E-state index is 6.08. The summed E-state index contributed by atoms with van der Waals surface area (Å²) in [5.41, 5.74) is 9.16. The maximum atomic E-state index is 6.08. The molecule has 2 N–H and O–H groups in total. The van der Waals surface area contributed by atoms with E-state index in [1.165, 1.54) is 5.56 Å². The molecule has 0 aliphatic rings. The second-order valence-corrected chi connectivity index (χ2v) is 4.87. The van der Waals surface area contributed by atoms with Gasteiger partial charge in [-0.05, 0) is 30.5 Å². The minimum absolute atomic E-state index is 0.540. The standard InChI is InChI=1S/C16H17ClN2/c1-12-7-8-14(11-15(12)17)16(18)19-10-9-13-5-3-2-4-6-13/h2-8,11H,9-10H2,1H3,(H2,18,19). The van der Waals surface area contributed by atoms with Gasteiger partial charge in [0.05, 0.1) is 0 Å². The summed E-state index contributed by atoms with van der Waals surface area (Å²) >= 11 is 6.08. The fourth-order valence-corrected chi connectivity index (χ4v) is 1.97. The van der Waals surface area contributed by atoms with E-state index in [0.29, 0.717) is 12.4 Å². The minimum atomic E-state index is 0.540. The van der Waals surface area contributed by atoms with Gasteiger partial charge in [-0.3, -0.25) is 4.99 Å². The second-order valence-electron chi connectivity index (χ2n) is 4.47. The predicted octanol–water partition coefficient (Wildman–Crippen LogP) is 3.60. The number of nitrogens with zero attached hydrogens (tertiary/aromatic N) is 1. The smallest absolute Gasteiger partial charge is 0.125 e. The van der Waals surface area contributed by atoms with Crippen LogP contribution in [-0.4, -0.2) is 12.4 Å². The Labute approximate surface area is 118 Å². The molecule has 0 saturated carbocycles. The van der Waals surface area contributed by atoms with Gasteiger partial charge in [-0.15, -0.1) is 0 Å². The number of halogens is 1. The Morgan fingerprint density at radius 2 is 1.89 bits per heavy atom. The summed E-state index contributed by atoms with van der Waals surface area (Å²) in [4.78, 5) is 4.40. The SMILES string of the molecule is Cc1ccc(C(N)=NCCc2ccccc2)cc1Cl. The van der Waals surface area contributed by atoms with Crippen LogP contribution in [0.5, 0.6) is 0 Å². The molecule has 0 unspecified atom stereocenters. The Hall–Kier alpha value is -1.80. The normalized spacial score (nSPS) is 11.6. The van der Waals surface area contributed by atoms with Crippen molar-refractivity contribution in [3.63, 3.8) is 0 Å². The molecule has 0 aliphatic heterocycles. The van der Waals surface area contributed by atoms with Crippen molar-refractivity contribution >= 4 is 17.4 Å². The molecule has 98 valence electrons. The first kappa shape index (κ1) is 13.6. The predicted molar refractivity (Wildman–Crippen MR) is 81.9 cm³/mol. The molecule has 3 heteroatoms. The minimum Gasteiger partial charge on any atom is -0.384 e. The number of rotatable bonds is 4. The van der Waals surface area contributed by atoms with E-state index < -0.39 is 0 Å². The van der Waals surface area contributed by atoms with Gasteiger partial charge in [-0.1, -0.05) is 54.1 Å². The molecular formula is C16H17ClN2. The van der Waals surface area contributed by atoms with E-state index in [9.17, 15) is 0 Å². The Balaban J connectivity index is 2.01. The van der Waals surface area contributed by atoms with Crippen molar-refractivity contribution in [3.05, 3.63) is 70.2 Å². The molecule has 0 atom stereocenters. The molecule has 0 bridgehead atoms. The van der Waals surface area contributed by atoms with Crippen LogP contribution in [0.4, 0.5) is 0 Å². The number of amidine groups is 1. The van der Waals surface area contributed by atoms with Crippen molar-refractivity contribution in [1.82, 2.24) is 0 Å². The molecule has 0 saturated heterocycles. The Morgan fingerprint density at radius 1 is 1.16 bits per heavy atom. The second kappa shape index (κ2) is 6.39. The summed E-state index contributed by atoms with van der Waals surface area (Å²) in [5, 5.41) is 0.721. The molecule has 2 rings (SSSR count). The van der Waals surface area contributed by atoms with Crippen molar-refractivity contribution in [2.45, 2.75) is 13.3 Å². The average molecular weight is 273 g/mol. The molecule has 2 nitrogen and oxygen atoms in total.